The van der Waals surface area contributed by atoms with E-state index in [1.807, 2.05) is 6.07 Å². The zero-order valence-electron chi connectivity index (χ0n) is 19.8. The third kappa shape index (κ3) is 3.50. The summed E-state index contributed by atoms with van der Waals surface area (Å²) >= 11 is 1.25. The number of fused-ring (bicyclic) bond motifs is 1. The van der Waals surface area contributed by atoms with Gasteiger partial charge in [-0.05, 0) is 29.5 Å². The van der Waals surface area contributed by atoms with Crippen molar-refractivity contribution >= 4 is 28.4 Å². The van der Waals surface area contributed by atoms with Gasteiger partial charge in [0.25, 0.3) is 5.54 Å². The lowest BCUT2D eigenvalue weighted by Gasteiger charge is -2.19. The van der Waals surface area contributed by atoms with Crippen molar-refractivity contribution in [2.75, 3.05) is 29.4 Å². The maximum atomic E-state index is 15.2. The Hall–Kier alpha value is -4.51. The van der Waals surface area contributed by atoms with Crippen molar-refractivity contribution < 1.29 is 13.9 Å². The van der Waals surface area contributed by atoms with Crippen LogP contribution < -0.4 is 9.80 Å². The average Bonchev–Trinajstić information content (AvgIpc) is 3.61. The molecule has 4 atom stereocenters. The van der Waals surface area contributed by atoms with E-state index in [1.165, 1.54) is 22.5 Å². The molecule has 12 nitrogen and oxygen atoms in total. The number of nitrogens with zero attached hydrogens (tertiary/aromatic N) is 10. The Balaban J connectivity index is 1.06. The Morgan fingerprint density at radius 2 is 2.08 bits per heavy atom. The van der Waals surface area contributed by atoms with Crippen LogP contribution in [0.25, 0.3) is 16.0 Å². The van der Waals surface area contributed by atoms with Crippen LogP contribution in [0.15, 0.2) is 48.9 Å². The summed E-state index contributed by atoms with van der Waals surface area (Å²) in [5.74, 6) is -0.159. The molecule has 2 aliphatic heterocycles. The van der Waals surface area contributed by atoms with E-state index in [-0.39, 0.29) is 18.4 Å². The molecule has 1 aromatic carbocycles. The highest BCUT2D eigenvalue weighted by Crippen LogP contribution is 2.64. The number of halogens is 1. The minimum absolute atomic E-state index is 0.159. The second-order valence-electron chi connectivity index (χ2n) is 9.54. The molecule has 3 aromatic heterocycles. The van der Waals surface area contributed by atoms with Gasteiger partial charge in [0.1, 0.15) is 17.6 Å². The molecule has 1 amide bonds. The van der Waals surface area contributed by atoms with Gasteiger partial charge >= 0.3 is 6.09 Å². The molecule has 190 valence electrons. The van der Waals surface area contributed by atoms with Gasteiger partial charge in [-0.1, -0.05) is 20.9 Å². The number of pyridine rings is 1. The molecule has 1 saturated carbocycles. The number of hydrogen-bond donors (Lipinski definition) is 0. The molecule has 5 heterocycles. The van der Waals surface area contributed by atoms with E-state index in [0.717, 1.165) is 5.13 Å². The number of carbonyl (C=O) groups excluding carboxylic acids is 1. The third-order valence-electron chi connectivity index (χ3n) is 7.57. The first-order chi connectivity index (χ1) is 18.6. The second-order valence-corrected chi connectivity index (χ2v) is 10.2. The van der Waals surface area contributed by atoms with Gasteiger partial charge in [0.05, 0.1) is 36.8 Å². The molecule has 2 saturated heterocycles. The minimum atomic E-state index is -0.658. The molecule has 0 N–H and O–H groups in total. The van der Waals surface area contributed by atoms with Crippen LogP contribution in [0.1, 0.15) is 5.69 Å². The SMILES string of the molecule is [C-]#[N+]C1(c2ccc(-c3ccc(N4C[C@H](Cn5ccnn5)OC4=O)cc3F)cn2)[C@@H]2CN(c3nnns3)C[C@@H]21. The van der Waals surface area contributed by atoms with Crippen molar-refractivity contribution in [3.8, 4) is 11.1 Å². The quantitative estimate of drug-likeness (QED) is 0.347. The van der Waals surface area contributed by atoms with E-state index >= 15 is 4.39 Å². The number of benzene rings is 1. The van der Waals surface area contributed by atoms with Gasteiger partial charge in [0, 0.05) is 48.1 Å². The van der Waals surface area contributed by atoms with Crippen LogP contribution in [-0.2, 0) is 16.8 Å². The smallest absolute Gasteiger partial charge is 0.414 e. The number of hydrogen-bond acceptors (Lipinski definition) is 10. The summed E-state index contributed by atoms with van der Waals surface area (Å²) in [6, 6.07) is 8.26. The van der Waals surface area contributed by atoms with Crippen molar-refractivity contribution in [3.63, 3.8) is 0 Å². The molecule has 1 aliphatic carbocycles. The van der Waals surface area contributed by atoms with E-state index in [1.54, 1.807) is 41.5 Å². The zero-order chi connectivity index (χ0) is 25.9. The van der Waals surface area contributed by atoms with Gasteiger partial charge in [-0.3, -0.25) is 9.88 Å². The minimum Gasteiger partial charge on any atom is -0.442 e. The molecule has 14 heteroatoms. The Morgan fingerprint density at radius 3 is 2.74 bits per heavy atom. The molecule has 1 unspecified atom stereocenters. The van der Waals surface area contributed by atoms with Gasteiger partial charge in [-0.2, -0.15) is 0 Å². The number of aromatic nitrogens is 7. The lowest BCUT2D eigenvalue weighted by atomic mass is 10.0. The Labute approximate surface area is 219 Å². The highest BCUT2D eigenvalue weighted by molar-refractivity contribution is 7.09. The third-order valence-corrected chi connectivity index (χ3v) is 8.23. The summed E-state index contributed by atoms with van der Waals surface area (Å²) in [4.78, 5) is 24.5. The van der Waals surface area contributed by atoms with E-state index < -0.39 is 23.6 Å². The number of ether oxygens (including phenoxy) is 1. The van der Waals surface area contributed by atoms with Crippen molar-refractivity contribution in [1.82, 2.24) is 34.8 Å². The van der Waals surface area contributed by atoms with E-state index in [4.69, 9.17) is 11.3 Å². The fraction of sp³-hybridized carbons (Fsp3) is 0.333. The largest absolute Gasteiger partial charge is 0.442 e. The molecule has 7 rings (SSSR count). The summed E-state index contributed by atoms with van der Waals surface area (Å²) in [5.41, 5.74) is 1.42. The first-order valence-corrected chi connectivity index (χ1v) is 12.7. The van der Waals surface area contributed by atoms with Crippen LogP contribution in [0.3, 0.4) is 0 Å². The van der Waals surface area contributed by atoms with E-state index in [2.05, 4.69) is 39.8 Å². The van der Waals surface area contributed by atoms with Gasteiger partial charge in [0.15, 0.2) is 0 Å². The number of carbonyl (C=O) groups is 1. The Bertz CT molecular complexity index is 1530. The molecule has 3 aliphatic rings. The Kier molecular flexibility index (Phi) is 5.08. The van der Waals surface area contributed by atoms with Gasteiger partial charge < -0.3 is 14.5 Å². The molecular formula is C24H19FN10O2S. The lowest BCUT2D eigenvalue weighted by molar-refractivity contribution is 0.129. The normalized spacial score (nSPS) is 25.8. The first-order valence-electron chi connectivity index (χ1n) is 11.9. The maximum absolute atomic E-state index is 15.2. The molecule has 38 heavy (non-hydrogen) atoms. The number of anilines is 2. The summed E-state index contributed by atoms with van der Waals surface area (Å²) in [5, 5.41) is 16.1. The molecule has 4 aromatic rings. The lowest BCUT2D eigenvalue weighted by Crippen LogP contribution is -2.29. The van der Waals surface area contributed by atoms with Gasteiger partial charge in [0.2, 0.25) is 5.13 Å². The summed E-state index contributed by atoms with van der Waals surface area (Å²) in [6.45, 7) is 9.97. The second kappa shape index (κ2) is 8.52. The molecule has 0 radical (unpaired) electrons. The summed E-state index contributed by atoms with van der Waals surface area (Å²) in [6.07, 6.45) is 3.90. The monoisotopic (exact) mass is 530 g/mol. The topological polar surface area (TPSA) is 119 Å². The van der Waals surface area contributed by atoms with Crippen LogP contribution in [0, 0.1) is 24.2 Å². The fourth-order valence-electron chi connectivity index (χ4n) is 5.68. The van der Waals surface area contributed by atoms with Gasteiger partial charge in [-0.15, -0.1) is 5.10 Å². The number of piperidine rings is 1. The predicted octanol–water partition coefficient (Wildman–Crippen LogP) is 2.63. The van der Waals surface area contributed by atoms with Crippen molar-refractivity contribution in [1.29, 1.82) is 0 Å². The molecule has 3 fully saturated rings. The molecular weight excluding hydrogens is 511 g/mol. The highest BCUT2D eigenvalue weighted by atomic mass is 32.1. The van der Waals surface area contributed by atoms with Crippen LogP contribution >= 0.6 is 11.5 Å². The van der Waals surface area contributed by atoms with E-state index in [9.17, 15) is 4.79 Å². The van der Waals surface area contributed by atoms with Crippen molar-refractivity contribution in [2.24, 2.45) is 11.8 Å². The zero-order valence-corrected chi connectivity index (χ0v) is 20.6. The van der Waals surface area contributed by atoms with E-state index in [0.29, 0.717) is 42.1 Å². The highest BCUT2D eigenvalue weighted by Gasteiger charge is 2.78. The standard InChI is InChI=1S/C24H19FN10O2S/c1-26-24(18-12-33(13-19(18)24)22-29-30-32-38-22)21-5-2-14(9-27-21)17-4-3-15(8-20(17)25)35-11-16(37-23(35)36)10-34-7-6-28-31-34/h2-9,16,18-19H,10-13H2/t16-,18-,19+,24?/m0/s1. The summed E-state index contributed by atoms with van der Waals surface area (Å²) in [7, 11) is 0. The van der Waals surface area contributed by atoms with Crippen molar-refractivity contribution in [3.05, 3.63) is 71.9 Å². The first kappa shape index (κ1) is 22.7. The van der Waals surface area contributed by atoms with Gasteiger partial charge in [-0.25, -0.2) is 20.4 Å². The average molecular weight is 531 g/mol. The fourth-order valence-corrected chi connectivity index (χ4v) is 6.16. The number of cyclic esters (lactones) is 1. The van der Waals surface area contributed by atoms with Crippen LogP contribution in [0.2, 0.25) is 0 Å². The van der Waals surface area contributed by atoms with Crippen LogP contribution in [0.5, 0.6) is 0 Å². The molecule has 0 bridgehead atoms. The van der Waals surface area contributed by atoms with Crippen LogP contribution in [0.4, 0.5) is 20.0 Å². The van der Waals surface area contributed by atoms with Crippen LogP contribution in [-0.4, -0.2) is 66.6 Å². The summed E-state index contributed by atoms with van der Waals surface area (Å²) < 4.78 is 26.0. The predicted molar refractivity (Wildman–Crippen MR) is 132 cm³/mol. The Morgan fingerprint density at radius 1 is 1.21 bits per heavy atom. The number of amides is 1. The number of rotatable bonds is 6. The maximum Gasteiger partial charge on any atom is 0.414 e. The molecule has 0 spiro atoms. The van der Waals surface area contributed by atoms with Crippen molar-refractivity contribution in [2.45, 2.75) is 18.2 Å².